The van der Waals surface area contributed by atoms with Gasteiger partial charge >= 0.3 is 0 Å². The fraction of sp³-hybridized carbons (Fsp3) is 0.353. The van der Waals surface area contributed by atoms with Gasteiger partial charge < -0.3 is 16.8 Å². The molecule has 1 unspecified atom stereocenters. The second-order valence-electron chi connectivity index (χ2n) is 5.47. The summed E-state index contributed by atoms with van der Waals surface area (Å²) in [5.74, 6) is 0.524. The Bertz CT molecular complexity index is 715. The maximum Gasteiger partial charge on any atom is 0.237 e. The van der Waals surface area contributed by atoms with Gasteiger partial charge in [-0.1, -0.05) is 43.8 Å². The van der Waals surface area contributed by atoms with Crippen LogP contribution in [0, 0.1) is 6.92 Å². The molecule has 7 heteroatoms. The second kappa shape index (κ2) is 8.01. The zero-order chi connectivity index (χ0) is 17.7. The lowest BCUT2D eigenvalue weighted by Crippen LogP contribution is -2.26. The SMILES string of the molecule is CCc1cccc(C)c1NC(=O)C(CC)Sc1nc(N)cc(N)n1. The van der Waals surface area contributed by atoms with Crippen LogP contribution in [0.15, 0.2) is 29.4 Å². The summed E-state index contributed by atoms with van der Waals surface area (Å²) in [7, 11) is 0. The smallest absolute Gasteiger partial charge is 0.237 e. The number of nitrogens with two attached hydrogens (primary N) is 2. The molecule has 0 fully saturated rings. The number of nitrogens with one attached hydrogen (secondary N) is 1. The van der Waals surface area contributed by atoms with Crippen molar-refractivity contribution in [1.29, 1.82) is 0 Å². The molecule has 6 nitrogen and oxygen atoms in total. The van der Waals surface area contributed by atoms with E-state index in [1.165, 1.54) is 17.8 Å². The topological polar surface area (TPSA) is 107 Å². The summed E-state index contributed by atoms with van der Waals surface area (Å²) in [5, 5.41) is 3.14. The second-order valence-corrected chi connectivity index (χ2v) is 6.64. The van der Waals surface area contributed by atoms with Crippen molar-refractivity contribution < 1.29 is 4.79 Å². The number of hydrogen-bond donors (Lipinski definition) is 3. The number of para-hydroxylation sites is 1. The fourth-order valence-electron chi connectivity index (χ4n) is 2.37. The van der Waals surface area contributed by atoms with E-state index in [1.807, 2.05) is 32.0 Å². The molecule has 1 heterocycles. The van der Waals surface area contributed by atoms with Gasteiger partial charge in [-0.3, -0.25) is 4.79 Å². The van der Waals surface area contributed by atoms with Crippen LogP contribution in [0.25, 0.3) is 0 Å². The minimum atomic E-state index is -0.324. The zero-order valence-electron chi connectivity index (χ0n) is 14.2. The third kappa shape index (κ3) is 4.38. The number of carbonyl (C=O) groups excluding carboxylic acids is 1. The van der Waals surface area contributed by atoms with E-state index in [0.717, 1.165) is 23.2 Å². The summed E-state index contributed by atoms with van der Waals surface area (Å²) < 4.78 is 0. The lowest BCUT2D eigenvalue weighted by molar-refractivity contribution is -0.115. The van der Waals surface area contributed by atoms with E-state index >= 15 is 0 Å². The largest absolute Gasteiger partial charge is 0.383 e. The van der Waals surface area contributed by atoms with Crippen LogP contribution in [0.2, 0.25) is 0 Å². The van der Waals surface area contributed by atoms with Gasteiger partial charge in [-0.25, -0.2) is 9.97 Å². The summed E-state index contributed by atoms with van der Waals surface area (Å²) in [6.07, 6.45) is 1.50. The number of nitrogens with zero attached hydrogens (tertiary/aromatic N) is 2. The highest BCUT2D eigenvalue weighted by molar-refractivity contribution is 8.00. The van der Waals surface area contributed by atoms with Gasteiger partial charge in [-0.2, -0.15) is 0 Å². The average molecular weight is 345 g/mol. The van der Waals surface area contributed by atoms with Crippen molar-refractivity contribution in [3.05, 3.63) is 35.4 Å². The molecular weight excluding hydrogens is 322 g/mol. The number of anilines is 3. The zero-order valence-corrected chi connectivity index (χ0v) is 15.0. The predicted molar refractivity (Wildman–Crippen MR) is 100.0 cm³/mol. The number of amides is 1. The molecule has 0 saturated heterocycles. The van der Waals surface area contributed by atoms with Gasteiger partial charge in [0.15, 0.2) is 5.16 Å². The van der Waals surface area contributed by atoms with Crippen LogP contribution in [0.1, 0.15) is 31.4 Å². The van der Waals surface area contributed by atoms with Crippen molar-refractivity contribution in [2.24, 2.45) is 0 Å². The van der Waals surface area contributed by atoms with E-state index in [2.05, 4.69) is 22.2 Å². The number of thioether (sulfide) groups is 1. The van der Waals surface area contributed by atoms with Gasteiger partial charge in [0.1, 0.15) is 11.6 Å². The van der Waals surface area contributed by atoms with Crippen molar-refractivity contribution in [1.82, 2.24) is 9.97 Å². The molecule has 2 rings (SSSR count). The molecule has 1 aromatic heterocycles. The Labute approximate surface area is 146 Å². The number of carbonyl (C=O) groups is 1. The standard InChI is InChI=1S/C17H23N5OS/c1-4-11-8-6-7-10(3)15(11)22-16(23)12(5-2)24-17-20-13(18)9-14(19)21-17/h6-9,12H,4-5H2,1-3H3,(H,22,23)(H4,18,19,20,21). The third-order valence-corrected chi connectivity index (χ3v) is 4.87. The van der Waals surface area contributed by atoms with E-state index in [9.17, 15) is 4.79 Å². The Hall–Kier alpha value is -2.28. The maximum atomic E-state index is 12.7. The van der Waals surface area contributed by atoms with Crippen LogP contribution in [0.3, 0.4) is 0 Å². The molecule has 0 aliphatic heterocycles. The number of aromatic nitrogens is 2. The van der Waals surface area contributed by atoms with Crippen molar-refractivity contribution in [3.63, 3.8) is 0 Å². The Morgan fingerprint density at radius 1 is 1.25 bits per heavy atom. The van der Waals surface area contributed by atoms with Gasteiger partial charge in [0, 0.05) is 11.8 Å². The van der Waals surface area contributed by atoms with Gasteiger partial charge in [-0.15, -0.1) is 0 Å². The summed E-state index contributed by atoms with van der Waals surface area (Å²) >= 11 is 1.27. The highest BCUT2D eigenvalue weighted by atomic mass is 32.2. The minimum absolute atomic E-state index is 0.0731. The van der Waals surface area contributed by atoms with Gasteiger partial charge in [0.05, 0.1) is 5.25 Å². The van der Waals surface area contributed by atoms with Crippen LogP contribution in [0.4, 0.5) is 17.3 Å². The van der Waals surface area contributed by atoms with Gasteiger partial charge in [0.25, 0.3) is 0 Å². The number of nitrogen functional groups attached to an aromatic ring is 2. The number of aryl methyl sites for hydroxylation is 2. The minimum Gasteiger partial charge on any atom is -0.383 e. The highest BCUT2D eigenvalue weighted by Crippen LogP contribution is 2.27. The normalized spacial score (nSPS) is 12.0. The van der Waals surface area contributed by atoms with Crippen LogP contribution in [-0.2, 0) is 11.2 Å². The molecule has 2 aromatic rings. The monoisotopic (exact) mass is 345 g/mol. The average Bonchev–Trinajstić information content (AvgIpc) is 2.53. The molecule has 0 spiro atoms. The van der Waals surface area contributed by atoms with Crippen molar-refractivity contribution in [2.75, 3.05) is 16.8 Å². The molecule has 0 bridgehead atoms. The van der Waals surface area contributed by atoms with E-state index < -0.39 is 0 Å². The molecule has 1 atom stereocenters. The molecule has 24 heavy (non-hydrogen) atoms. The first kappa shape index (κ1) is 18.1. The molecule has 0 aliphatic rings. The summed E-state index contributed by atoms with van der Waals surface area (Å²) in [5.41, 5.74) is 14.4. The number of benzene rings is 1. The van der Waals surface area contributed by atoms with Crippen molar-refractivity contribution in [3.8, 4) is 0 Å². The number of hydrogen-bond acceptors (Lipinski definition) is 6. The van der Waals surface area contributed by atoms with Crippen LogP contribution in [0.5, 0.6) is 0 Å². The highest BCUT2D eigenvalue weighted by Gasteiger charge is 2.21. The lowest BCUT2D eigenvalue weighted by atomic mass is 10.1. The summed E-state index contributed by atoms with van der Waals surface area (Å²) in [6, 6.07) is 7.51. The van der Waals surface area contributed by atoms with E-state index in [-0.39, 0.29) is 11.2 Å². The lowest BCUT2D eigenvalue weighted by Gasteiger charge is -2.17. The summed E-state index contributed by atoms with van der Waals surface area (Å²) in [4.78, 5) is 21.0. The van der Waals surface area contributed by atoms with Crippen LogP contribution < -0.4 is 16.8 Å². The first-order valence-corrected chi connectivity index (χ1v) is 8.78. The molecule has 0 saturated carbocycles. The molecule has 1 aromatic carbocycles. The maximum absolute atomic E-state index is 12.7. The number of rotatable bonds is 6. The quantitative estimate of drug-likeness (QED) is 0.549. The molecular formula is C17H23N5OS. The van der Waals surface area contributed by atoms with Gasteiger partial charge in [0.2, 0.25) is 5.91 Å². The Balaban J connectivity index is 2.17. The Morgan fingerprint density at radius 2 is 1.92 bits per heavy atom. The van der Waals surface area contributed by atoms with Crippen molar-refractivity contribution in [2.45, 2.75) is 44.0 Å². The Kier molecular flexibility index (Phi) is 6.03. The van der Waals surface area contributed by atoms with Crippen LogP contribution >= 0.6 is 11.8 Å². The Morgan fingerprint density at radius 3 is 2.50 bits per heavy atom. The molecule has 5 N–H and O–H groups in total. The third-order valence-electron chi connectivity index (χ3n) is 3.64. The van der Waals surface area contributed by atoms with Crippen LogP contribution in [-0.4, -0.2) is 21.1 Å². The van der Waals surface area contributed by atoms with Gasteiger partial charge in [-0.05, 0) is 30.9 Å². The molecule has 1 amide bonds. The van der Waals surface area contributed by atoms with Crippen molar-refractivity contribution >= 4 is 35.0 Å². The summed E-state index contributed by atoms with van der Waals surface area (Å²) in [6.45, 7) is 6.01. The molecule has 0 radical (unpaired) electrons. The first-order valence-electron chi connectivity index (χ1n) is 7.90. The first-order chi connectivity index (χ1) is 11.4. The molecule has 0 aliphatic carbocycles. The fourth-order valence-corrected chi connectivity index (χ4v) is 3.27. The van der Waals surface area contributed by atoms with E-state index in [1.54, 1.807) is 0 Å². The predicted octanol–water partition coefficient (Wildman–Crippen LogP) is 3.02. The molecule has 128 valence electrons. The van der Waals surface area contributed by atoms with E-state index in [4.69, 9.17) is 11.5 Å². The van der Waals surface area contributed by atoms with E-state index in [0.29, 0.717) is 23.2 Å².